The molecule has 0 fully saturated rings. The molecule has 4 aromatic carbocycles. The maximum Gasteiger partial charge on any atom is 0.260 e. The maximum absolute atomic E-state index is 13.7. The van der Waals surface area contributed by atoms with Crippen LogP contribution < -0.4 is 15.5 Å². The first-order valence-corrected chi connectivity index (χ1v) is 12.3. The molecule has 0 aliphatic carbocycles. The Kier molecular flexibility index (Phi) is 6.12. The second kappa shape index (κ2) is 10.0. The minimum atomic E-state index is -0.264. The molecule has 2 heterocycles. The molecule has 2 amide bonds. The molecule has 0 unspecified atom stereocenters. The van der Waals surface area contributed by atoms with E-state index in [1.165, 1.54) is 6.20 Å². The summed E-state index contributed by atoms with van der Waals surface area (Å²) in [6.07, 6.45) is 1.51. The Morgan fingerprint density at radius 1 is 0.737 bits per heavy atom. The third-order valence-corrected chi connectivity index (χ3v) is 6.56. The van der Waals surface area contributed by atoms with Crippen molar-refractivity contribution in [2.45, 2.75) is 6.54 Å². The number of carbonyl (C=O) groups excluding carboxylic acids is 2. The van der Waals surface area contributed by atoms with E-state index in [0.29, 0.717) is 23.5 Å². The third kappa shape index (κ3) is 4.51. The minimum Gasteiger partial charge on any atom is -0.354 e. The van der Waals surface area contributed by atoms with E-state index in [2.05, 4.69) is 15.6 Å². The van der Waals surface area contributed by atoms with Crippen molar-refractivity contribution in [1.29, 1.82) is 0 Å². The molecule has 5 aromatic rings. The van der Waals surface area contributed by atoms with E-state index in [0.717, 1.165) is 33.8 Å². The highest BCUT2D eigenvalue weighted by molar-refractivity contribution is 6.10. The summed E-state index contributed by atoms with van der Waals surface area (Å²) in [5.74, 6) is -0.0615. The lowest BCUT2D eigenvalue weighted by Crippen LogP contribution is -2.30. The zero-order valence-corrected chi connectivity index (χ0v) is 20.5. The molecule has 1 aliphatic rings. The van der Waals surface area contributed by atoms with E-state index in [-0.39, 0.29) is 11.8 Å². The number of hydrogen-bond acceptors (Lipinski definition) is 4. The summed E-state index contributed by atoms with van der Waals surface area (Å²) >= 11 is 0. The van der Waals surface area contributed by atoms with E-state index in [1.54, 1.807) is 23.1 Å². The van der Waals surface area contributed by atoms with Crippen molar-refractivity contribution in [3.8, 4) is 11.1 Å². The Hall–Kier alpha value is -5.23. The van der Waals surface area contributed by atoms with E-state index >= 15 is 0 Å². The van der Waals surface area contributed by atoms with Gasteiger partial charge in [-0.05, 0) is 53.1 Å². The quantitative estimate of drug-likeness (QED) is 0.284. The first kappa shape index (κ1) is 23.2. The number of rotatable bonds is 4. The number of nitrogens with one attached hydrogen (secondary N) is 2. The van der Waals surface area contributed by atoms with Crippen LogP contribution in [-0.2, 0) is 6.54 Å². The van der Waals surface area contributed by atoms with Crippen LogP contribution in [0, 0.1) is 0 Å². The molecular weight excluding hydrogens is 472 g/mol. The normalized spacial score (nSPS) is 11.9. The lowest BCUT2D eigenvalue weighted by molar-refractivity contribution is 0.0984. The lowest BCUT2D eigenvalue weighted by atomic mass is 9.99. The van der Waals surface area contributed by atoms with Gasteiger partial charge in [-0.3, -0.25) is 9.59 Å². The predicted molar refractivity (Wildman–Crippen MR) is 151 cm³/mol. The Balaban J connectivity index is 1.24. The van der Waals surface area contributed by atoms with Crippen LogP contribution >= 0.6 is 0 Å². The Labute approximate surface area is 220 Å². The molecule has 1 aliphatic heterocycles. The summed E-state index contributed by atoms with van der Waals surface area (Å²) in [5.41, 5.74) is 6.43. The van der Waals surface area contributed by atoms with Crippen molar-refractivity contribution < 1.29 is 9.59 Å². The topological polar surface area (TPSA) is 74.3 Å². The zero-order chi connectivity index (χ0) is 25.9. The van der Waals surface area contributed by atoms with Crippen molar-refractivity contribution in [3.63, 3.8) is 0 Å². The minimum absolute atomic E-state index is 0.171. The van der Waals surface area contributed by atoms with Crippen LogP contribution in [-0.4, -0.2) is 16.8 Å². The van der Waals surface area contributed by atoms with E-state index in [4.69, 9.17) is 0 Å². The van der Waals surface area contributed by atoms with E-state index in [9.17, 15) is 9.59 Å². The summed E-state index contributed by atoms with van der Waals surface area (Å²) < 4.78 is 0. The smallest absolute Gasteiger partial charge is 0.260 e. The highest BCUT2D eigenvalue weighted by Crippen LogP contribution is 2.36. The molecule has 0 radical (unpaired) electrons. The van der Waals surface area contributed by atoms with Gasteiger partial charge < -0.3 is 15.5 Å². The van der Waals surface area contributed by atoms with E-state index in [1.807, 2.05) is 97.1 Å². The number of amides is 2. The molecule has 0 bridgehead atoms. The fraction of sp³-hybridized carbons (Fsp3) is 0.0312. The predicted octanol–water partition coefficient (Wildman–Crippen LogP) is 6.90. The summed E-state index contributed by atoms with van der Waals surface area (Å²) in [6.45, 7) is 0.424. The molecule has 6 nitrogen and oxygen atoms in total. The van der Waals surface area contributed by atoms with Crippen LogP contribution in [0.5, 0.6) is 0 Å². The molecule has 38 heavy (non-hydrogen) atoms. The Morgan fingerprint density at radius 3 is 2.26 bits per heavy atom. The Bertz CT molecular complexity index is 1630. The summed E-state index contributed by atoms with van der Waals surface area (Å²) in [4.78, 5) is 32.9. The van der Waals surface area contributed by atoms with Gasteiger partial charge in [-0.15, -0.1) is 0 Å². The number of nitrogens with zero attached hydrogens (tertiary/aromatic N) is 2. The van der Waals surface area contributed by atoms with Crippen molar-refractivity contribution >= 4 is 34.7 Å². The molecule has 184 valence electrons. The van der Waals surface area contributed by atoms with Gasteiger partial charge in [0, 0.05) is 17.4 Å². The van der Waals surface area contributed by atoms with Gasteiger partial charge in [-0.1, -0.05) is 78.9 Å². The van der Waals surface area contributed by atoms with Crippen molar-refractivity contribution in [3.05, 3.63) is 138 Å². The fourth-order valence-electron chi connectivity index (χ4n) is 4.66. The van der Waals surface area contributed by atoms with E-state index < -0.39 is 0 Å². The second-order valence-electron chi connectivity index (χ2n) is 8.99. The van der Waals surface area contributed by atoms with Gasteiger partial charge >= 0.3 is 0 Å². The van der Waals surface area contributed by atoms with Gasteiger partial charge in [0.1, 0.15) is 5.82 Å². The molecule has 0 saturated heterocycles. The molecule has 6 rings (SSSR count). The van der Waals surface area contributed by atoms with Gasteiger partial charge in [0.15, 0.2) is 0 Å². The molecule has 6 heteroatoms. The van der Waals surface area contributed by atoms with Crippen LogP contribution in [0.1, 0.15) is 26.3 Å². The van der Waals surface area contributed by atoms with Gasteiger partial charge in [-0.25, -0.2) is 4.98 Å². The molecule has 2 N–H and O–H groups in total. The van der Waals surface area contributed by atoms with Crippen molar-refractivity contribution in [2.75, 3.05) is 15.5 Å². The van der Waals surface area contributed by atoms with Crippen LogP contribution in [0.25, 0.3) is 11.1 Å². The van der Waals surface area contributed by atoms with Crippen LogP contribution in [0.4, 0.5) is 22.9 Å². The van der Waals surface area contributed by atoms with Gasteiger partial charge in [0.05, 0.1) is 23.5 Å². The average molecular weight is 497 g/mol. The number of aromatic nitrogens is 1. The third-order valence-electron chi connectivity index (χ3n) is 6.56. The fourth-order valence-corrected chi connectivity index (χ4v) is 4.66. The van der Waals surface area contributed by atoms with Crippen LogP contribution in [0.2, 0.25) is 0 Å². The largest absolute Gasteiger partial charge is 0.354 e. The molecule has 0 saturated carbocycles. The van der Waals surface area contributed by atoms with Gasteiger partial charge in [0.2, 0.25) is 0 Å². The molecule has 1 aromatic heterocycles. The first-order valence-electron chi connectivity index (χ1n) is 12.3. The number of hydrogen-bond donors (Lipinski definition) is 2. The highest BCUT2D eigenvalue weighted by atomic mass is 16.2. The summed E-state index contributed by atoms with van der Waals surface area (Å²) in [5, 5.41) is 6.31. The number of benzene rings is 4. The SMILES string of the molecule is O=C(Nc1ccc(C(=O)N2Cc3ccccc3Nc3ccccc32)cn1)c1ccccc1-c1ccccc1. The monoisotopic (exact) mass is 496 g/mol. The summed E-state index contributed by atoms with van der Waals surface area (Å²) in [7, 11) is 0. The highest BCUT2D eigenvalue weighted by Gasteiger charge is 2.25. The summed E-state index contributed by atoms with van der Waals surface area (Å²) in [6, 6.07) is 36.3. The zero-order valence-electron chi connectivity index (χ0n) is 20.5. The number of fused-ring (bicyclic) bond motifs is 2. The number of carbonyl (C=O) groups is 2. The first-order chi connectivity index (χ1) is 18.7. The number of anilines is 4. The van der Waals surface area contributed by atoms with Gasteiger partial charge in [-0.2, -0.15) is 0 Å². The standard InChI is InChI=1S/C32H24N4O2/c37-31(26-14-6-5-13-25(26)22-10-2-1-3-11-22)35-30-19-18-23(20-33-30)32(38)36-21-24-12-4-7-15-27(24)34-28-16-8-9-17-29(28)36/h1-20,34H,21H2,(H,33,35,37). The average Bonchev–Trinajstić information content (AvgIpc) is 3.14. The van der Waals surface area contributed by atoms with Gasteiger partial charge in [0.25, 0.3) is 11.8 Å². The number of pyridine rings is 1. The van der Waals surface area contributed by atoms with Crippen molar-refractivity contribution in [1.82, 2.24) is 4.98 Å². The lowest BCUT2D eigenvalue weighted by Gasteiger charge is -2.22. The Morgan fingerprint density at radius 2 is 1.45 bits per heavy atom. The number of para-hydroxylation sites is 3. The van der Waals surface area contributed by atoms with Crippen molar-refractivity contribution in [2.24, 2.45) is 0 Å². The molecular formula is C32H24N4O2. The van der Waals surface area contributed by atoms with Crippen LogP contribution in [0.15, 0.2) is 121 Å². The van der Waals surface area contributed by atoms with Crippen LogP contribution in [0.3, 0.4) is 0 Å². The maximum atomic E-state index is 13.7. The molecule has 0 atom stereocenters. The molecule has 0 spiro atoms. The second-order valence-corrected chi connectivity index (χ2v) is 8.99.